The number of rotatable bonds is 1. The van der Waals surface area contributed by atoms with Crippen LogP contribution in [0.2, 0.25) is 15.3 Å². The molecule has 0 aliphatic carbocycles. The van der Waals surface area contributed by atoms with E-state index in [2.05, 4.69) is 15.0 Å². The van der Waals surface area contributed by atoms with Gasteiger partial charge in [-0.1, -0.05) is 34.8 Å². The quantitative estimate of drug-likeness (QED) is 0.446. The van der Waals surface area contributed by atoms with Crippen molar-refractivity contribution in [3.05, 3.63) is 58.1 Å². The van der Waals surface area contributed by atoms with E-state index in [9.17, 15) is 0 Å². The first-order valence-corrected chi connectivity index (χ1v) is 7.64. The lowest BCUT2D eigenvalue weighted by Gasteiger charge is -2.07. The van der Waals surface area contributed by atoms with Crippen LogP contribution in [0.15, 0.2) is 42.7 Å². The number of H-pyrrole nitrogens is 1. The molecule has 4 aromatic rings. The monoisotopic (exact) mass is 347 g/mol. The number of nitrogens with zero attached hydrogens (tertiary/aromatic N) is 2. The highest BCUT2D eigenvalue weighted by molar-refractivity contribution is 6.35. The molecule has 0 saturated heterocycles. The van der Waals surface area contributed by atoms with E-state index >= 15 is 0 Å². The molecule has 0 radical (unpaired) electrons. The normalized spacial score (nSPS) is 11.4. The van der Waals surface area contributed by atoms with Crippen molar-refractivity contribution in [2.45, 2.75) is 0 Å². The molecular formula is C16H8Cl3N3. The summed E-state index contributed by atoms with van der Waals surface area (Å²) in [4.78, 5) is 11.6. The largest absolute Gasteiger partial charge is 0.353 e. The molecular weight excluding hydrogens is 341 g/mol. The fourth-order valence-electron chi connectivity index (χ4n) is 2.64. The van der Waals surface area contributed by atoms with E-state index in [1.54, 1.807) is 18.5 Å². The second kappa shape index (κ2) is 5.13. The molecule has 0 aliphatic rings. The smallest absolute Gasteiger partial charge is 0.138 e. The van der Waals surface area contributed by atoms with Gasteiger partial charge in [-0.25, -0.2) is 4.98 Å². The average Bonchev–Trinajstić information content (AvgIpc) is 2.85. The molecule has 4 rings (SSSR count). The van der Waals surface area contributed by atoms with Crippen LogP contribution < -0.4 is 0 Å². The van der Waals surface area contributed by atoms with Gasteiger partial charge in [0.1, 0.15) is 10.3 Å². The number of aromatic nitrogens is 3. The predicted octanol–water partition coefficient (Wildman–Crippen LogP) is 5.74. The van der Waals surface area contributed by atoms with Crippen molar-refractivity contribution in [1.29, 1.82) is 0 Å². The summed E-state index contributed by atoms with van der Waals surface area (Å²) in [6.45, 7) is 0. The maximum atomic E-state index is 6.30. The van der Waals surface area contributed by atoms with E-state index in [0.717, 1.165) is 32.9 Å². The van der Waals surface area contributed by atoms with Gasteiger partial charge in [0.05, 0.1) is 17.2 Å². The van der Waals surface area contributed by atoms with Crippen LogP contribution in [-0.2, 0) is 0 Å². The van der Waals surface area contributed by atoms with E-state index in [-0.39, 0.29) is 0 Å². The molecule has 0 unspecified atom stereocenters. The van der Waals surface area contributed by atoms with E-state index in [0.29, 0.717) is 15.3 Å². The first-order chi connectivity index (χ1) is 10.6. The Bertz CT molecular complexity index is 1020. The topological polar surface area (TPSA) is 41.6 Å². The zero-order valence-corrected chi connectivity index (χ0v) is 13.3. The number of aromatic amines is 1. The van der Waals surface area contributed by atoms with Crippen molar-refractivity contribution in [1.82, 2.24) is 15.0 Å². The summed E-state index contributed by atoms with van der Waals surface area (Å²) in [5, 5.41) is 3.41. The maximum Gasteiger partial charge on any atom is 0.138 e. The molecule has 0 fully saturated rings. The lowest BCUT2D eigenvalue weighted by molar-refractivity contribution is 1.33. The Morgan fingerprint density at radius 1 is 0.909 bits per heavy atom. The third kappa shape index (κ3) is 2.13. The molecule has 3 aromatic heterocycles. The highest BCUT2D eigenvalue weighted by atomic mass is 35.5. The van der Waals surface area contributed by atoms with Crippen molar-refractivity contribution >= 4 is 56.6 Å². The Labute approximate surface area is 140 Å². The number of fused-ring (bicyclic) bond motifs is 3. The van der Waals surface area contributed by atoms with Crippen LogP contribution in [0.4, 0.5) is 0 Å². The lowest BCUT2D eigenvalue weighted by atomic mass is 10.0. The third-order valence-electron chi connectivity index (χ3n) is 3.58. The Morgan fingerprint density at radius 3 is 2.59 bits per heavy atom. The Morgan fingerprint density at radius 2 is 1.77 bits per heavy atom. The van der Waals surface area contributed by atoms with Crippen LogP contribution in [0.1, 0.15) is 0 Å². The molecule has 0 amide bonds. The summed E-state index contributed by atoms with van der Waals surface area (Å²) < 4.78 is 0. The molecule has 0 bridgehead atoms. The molecule has 0 atom stereocenters. The van der Waals surface area contributed by atoms with Crippen LogP contribution in [0, 0.1) is 0 Å². The van der Waals surface area contributed by atoms with Crippen LogP contribution in [0.5, 0.6) is 0 Å². The summed E-state index contributed by atoms with van der Waals surface area (Å²) in [5.41, 5.74) is 3.54. The minimum absolute atomic E-state index is 0.341. The van der Waals surface area contributed by atoms with Gasteiger partial charge >= 0.3 is 0 Å². The molecule has 0 saturated carbocycles. The highest BCUT2D eigenvalue weighted by Gasteiger charge is 2.14. The predicted molar refractivity (Wildman–Crippen MR) is 91.9 cm³/mol. The zero-order valence-electron chi connectivity index (χ0n) is 11.1. The summed E-state index contributed by atoms with van der Waals surface area (Å²) in [6, 6.07) is 9.29. The van der Waals surface area contributed by atoms with Crippen LogP contribution in [-0.4, -0.2) is 15.0 Å². The molecule has 0 aliphatic heterocycles. The fraction of sp³-hybridized carbons (Fsp3) is 0. The first kappa shape index (κ1) is 13.8. The number of hydrogen-bond donors (Lipinski definition) is 1. The summed E-state index contributed by atoms with van der Waals surface area (Å²) in [5.74, 6) is 0. The molecule has 3 nitrogen and oxygen atoms in total. The van der Waals surface area contributed by atoms with Gasteiger partial charge in [-0.15, -0.1) is 0 Å². The molecule has 6 heteroatoms. The van der Waals surface area contributed by atoms with Gasteiger partial charge in [0.25, 0.3) is 0 Å². The van der Waals surface area contributed by atoms with E-state index in [1.807, 2.05) is 24.3 Å². The fourth-order valence-corrected chi connectivity index (χ4v) is 3.31. The van der Waals surface area contributed by atoms with E-state index in [1.165, 1.54) is 0 Å². The van der Waals surface area contributed by atoms with Crippen molar-refractivity contribution in [2.75, 3.05) is 0 Å². The number of pyridine rings is 2. The molecule has 0 spiro atoms. The van der Waals surface area contributed by atoms with Gasteiger partial charge < -0.3 is 4.98 Å². The molecule has 1 aromatic carbocycles. The zero-order chi connectivity index (χ0) is 15.3. The van der Waals surface area contributed by atoms with Gasteiger partial charge in [0.15, 0.2) is 0 Å². The van der Waals surface area contributed by atoms with Crippen LogP contribution in [0.3, 0.4) is 0 Å². The summed E-state index contributed by atoms with van der Waals surface area (Å²) in [7, 11) is 0. The molecule has 1 N–H and O–H groups in total. The maximum absolute atomic E-state index is 6.30. The Hall–Kier alpha value is -1.81. The SMILES string of the molecule is Clc1cc(-c2ccc(Cl)nc2Cl)c2[nH]c3cnccc3c2c1. The molecule has 3 heterocycles. The van der Waals surface area contributed by atoms with Crippen LogP contribution in [0.25, 0.3) is 32.9 Å². The number of halogens is 3. The van der Waals surface area contributed by atoms with Crippen LogP contribution >= 0.6 is 34.8 Å². The number of hydrogen-bond acceptors (Lipinski definition) is 2. The van der Waals surface area contributed by atoms with Gasteiger partial charge in [-0.05, 0) is 30.3 Å². The summed E-state index contributed by atoms with van der Waals surface area (Å²) in [6.07, 6.45) is 3.54. The average molecular weight is 349 g/mol. The Balaban J connectivity index is 2.13. The van der Waals surface area contributed by atoms with Gasteiger partial charge in [0.2, 0.25) is 0 Å². The van der Waals surface area contributed by atoms with Crippen molar-refractivity contribution in [3.63, 3.8) is 0 Å². The number of benzene rings is 1. The summed E-state index contributed by atoms with van der Waals surface area (Å²) >= 11 is 18.4. The second-order valence-corrected chi connectivity index (χ2v) is 6.08. The second-order valence-electron chi connectivity index (χ2n) is 4.89. The number of nitrogens with one attached hydrogen (secondary N) is 1. The molecule has 108 valence electrons. The third-order valence-corrected chi connectivity index (χ3v) is 4.30. The minimum Gasteiger partial charge on any atom is -0.353 e. The van der Waals surface area contributed by atoms with Crippen molar-refractivity contribution in [3.8, 4) is 11.1 Å². The standard InChI is InChI=1S/C16H8Cl3N3/c17-8-5-11-9-3-4-20-7-13(9)21-15(11)12(6-8)10-1-2-14(18)22-16(10)19/h1-7,21H. The van der Waals surface area contributed by atoms with Gasteiger partial charge in [0, 0.05) is 33.1 Å². The lowest BCUT2D eigenvalue weighted by Crippen LogP contribution is -1.86. The van der Waals surface area contributed by atoms with E-state index in [4.69, 9.17) is 34.8 Å². The van der Waals surface area contributed by atoms with Gasteiger partial charge in [-0.2, -0.15) is 0 Å². The van der Waals surface area contributed by atoms with Crippen molar-refractivity contribution in [2.24, 2.45) is 0 Å². The van der Waals surface area contributed by atoms with Crippen molar-refractivity contribution < 1.29 is 0 Å². The first-order valence-electron chi connectivity index (χ1n) is 6.51. The highest BCUT2D eigenvalue weighted by Crippen LogP contribution is 2.38. The Kier molecular flexibility index (Phi) is 3.22. The van der Waals surface area contributed by atoms with E-state index < -0.39 is 0 Å². The van der Waals surface area contributed by atoms with Gasteiger partial charge in [-0.3, -0.25) is 4.98 Å². The minimum atomic E-state index is 0.341. The molecule has 22 heavy (non-hydrogen) atoms.